The van der Waals surface area contributed by atoms with Crippen molar-refractivity contribution < 1.29 is 14.7 Å². The van der Waals surface area contributed by atoms with E-state index in [0.717, 1.165) is 19.3 Å². The van der Waals surface area contributed by atoms with Crippen molar-refractivity contribution in [3.05, 3.63) is 28.2 Å². The maximum atomic E-state index is 12.2. The number of halogens is 1. The van der Waals surface area contributed by atoms with Gasteiger partial charge in [0.15, 0.2) is 0 Å². The van der Waals surface area contributed by atoms with Crippen molar-refractivity contribution in [1.82, 2.24) is 4.90 Å². The van der Waals surface area contributed by atoms with Gasteiger partial charge in [0.2, 0.25) is 0 Å². The van der Waals surface area contributed by atoms with Gasteiger partial charge in [-0.2, -0.15) is 0 Å². The fourth-order valence-electron chi connectivity index (χ4n) is 2.39. The van der Waals surface area contributed by atoms with Gasteiger partial charge in [-0.3, -0.25) is 0 Å². The van der Waals surface area contributed by atoms with E-state index in [1.165, 1.54) is 6.07 Å². The van der Waals surface area contributed by atoms with Crippen molar-refractivity contribution in [2.24, 2.45) is 0 Å². The average molecular weight is 341 g/mol. The van der Waals surface area contributed by atoms with Crippen LogP contribution in [0, 0.1) is 0 Å². The van der Waals surface area contributed by atoms with Gasteiger partial charge in [0.1, 0.15) is 0 Å². The molecule has 20 heavy (non-hydrogen) atoms. The third kappa shape index (κ3) is 3.30. The molecule has 2 N–H and O–H groups in total. The van der Waals surface area contributed by atoms with E-state index in [2.05, 4.69) is 21.2 Å². The zero-order chi connectivity index (χ0) is 14.7. The first-order valence-corrected chi connectivity index (χ1v) is 7.39. The molecule has 1 unspecified atom stereocenters. The number of urea groups is 1. The number of rotatable bonds is 2. The molecule has 1 saturated heterocycles. The Labute approximate surface area is 126 Å². The van der Waals surface area contributed by atoms with Crippen molar-refractivity contribution in [2.45, 2.75) is 32.2 Å². The van der Waals surface area contributed by atoms with Crippen molar-refractivity contribution >= 4 is 33.6 Å². The van der Waals surface area contributed by atoms with Crippen LogP contribution in [0.2, 0.25) is 0 Å². The van der Waals surface area contributed by atoms with Gasteiger partial charge in [-0.1, -0.05) is 15.9 Å². The number of aromatic carboxylic acids is 1. The summed E-state index contributed by atoms with van der Waals surface area (Å²) in [6.07, 6.45) is 3.10. The highest BCUT2D eigenvalue weighted by Gasteiger charge is 2.24. The molecule has 108 valence electrons. The predicted octanol–water partition coefficient (Wildman–Crippen LogP) is 3.55. The summed E-state index contributed by atoms with van der Waals surface area (Å²) in [6, 6.07) is 4.74. The van der Waals surface area contributed by atoms with Crippen LogP contribution in [0.3, 0.4) is 0 Å². The molecule has 0 bridgehead atoms. The van der Waals surface area contributed by atoms with Crippen LogP contribution in [0.25, 0.3) is 0 Å². The van der Waals surface area contributed by atoms with Gasteiger partial charge in [-0.15, -0.1) is 0 Å². The first kappa shape index (κ1) is 14.8. The number of piperidine rings is 1. The van der Waals surface area contributed by atoms with Crippen LogP contribution < -0.4 is 5.32 Å². The number of hydrogen-bond donors (Lipinski definition) is 2. The molecule has 0 aliphatic carbocycles. The maximum Gasteiger partial charge on any atom is 0.337 e. The van der Waals surface area contributed by atoms with Crippen LogP contribution in [0.1, 0.15) is 36.5 Å². The molecule has 2 amide bonds. The molecule has 1 aromatic rings. The number of nitrogens with zero attached hydrogens (tertiary/aromatic N) is 1. The van der Waals surface area contributed by atoms with Gasteiger partial charge >= 0.3 is 12.0 Å². The molecule has 0 aromatic heterocycles. The van der Waals surface area contributed by atoms with Crippen molar-refractivity contribution in [1.29, 1.82) is 0 Å². The SMILES string of the molecule is CC1CCCCN1C(=O)Nc1ccc(Br)cc1C(=O)O. The molecule has 1 aliphatic rings. The molecule has 1 aromatic carbocycles. The van der Waals surface area contributed by atoms with Crippen LogP contribution in [-0.4, -0.2) is 34.6 Å². The van der Waals surface area contributed by atoms with E-state index in [9.17, 15) is 14.7 Å². The Kier molecular flexibility index (Phi) is 4.65. The van der Waals surface area contributed by atoms with Crippen molar-refractivity contribution in [3.8, 4) is 0 Å². The van der Waals surface area contributed by atoms with Gasteiger partial charge in [-0.05, 0) is 44.4 Å². The first-order valence-electron chi connectivity index (χ1n) is 6.59. The first-order chi connectivity index (χ1) is 9.49. The Hall–Kier alpha value is -1.56. The summed E-state index contributed by atoms with van der Waals surface area (Å²) in [7, 11) is 0. The number of carbonyl (C=O) groups excluding carboxylic acids is 1. The number of carboxylic acids is 1. The molecule has 1 heterocycles. The van der Waals surface area contributed by atoms with Gasteiger partial charge < -0.3 is 15.3 Å². The minimum Gasteiger partial charge on any atom is -0.478 e. The fourth-order valence-corrected chi connectivity index (χ4v) is 2.75. The lowest BCUT2D eigenvalue weighted by molar-refractivity contribution is 0.0698. The molecule has 2 rings (SSSR count). The van der Waals surface area contributed by atoms with E-state index in [0.29, 0.717) is 16.7 Å². The fraction of sp³-hybridized carbons (Fsp3) is 0.429. The number of carbonyl (C=O) groups is 2. The van der Waals surface area contributed by atoms with Crippen LogP contribution in [0.15, 0.2) is 22.7 Å². The summed E-state index contributed by atoms with van der Waals surface area (Å²) in [4.78, 5) is 25.2. The molecular weight excluding hydrogens is 324 g/mol. The quantitative estimate of drug-likeness (QED) is 0.864. The van der Waals surface area contributed by atoms with Crippen LogP contribution in [-0.2, 0) is 0 Å². The monoisotopic (exact) mass is 340 g/mol. The highest BCUT2D eigenvalue weighted by Crippen LogP contribution is 2.23. The number of hydrogen-bond acceptors (Lipinski definition) is 2. The van der Waals surface area contributed by atoms with E-state index in [1.54, 1.807) is 17.0 Å². The number of likely N-dealkylation sites (tertiary alicyclic amines) is 1. The Balaban J connectivity index is 2.17. The molecule has 1 fully saturated rings. The molecular formula is C14H17BrN2O3. The summed E-state index contributed by atoms with van der Waals surface area (Å²) < 4.78 is 0.666. The third-order valence-electron chi connectivity index (χ3n) is 3.52. The topological polar surface area (TPSA) is 69.6 Å². The lowest BCUT2D eigenvalue weighted by Crippen LogP contribution is -2.44. The standard InChI is InChI=1S/C14H17BrN2O3/c1-9-4-2-3-7-17(9)14(20)16-12-6-5-10(15)8-11(12)13(18)19/h5-6,8-9H,2-4,7H2,1H3,(H,16,20)(H,18,19). The maximum absolute atomic E-state index is 12.2. The molecule has 5 nitrogen and oxygen atoms in total. The largest absolute Gasteiger partial charge is 0.478 e. The van der Waals surface area contributed by atoms with Gasteiger partial charge in [0.05, 0.1) is 11.3 Å². The average Bonchev–Trinajstić information content (AvgIpc) is 2.41. The predicted molar refractivity (Wildman–Crippen MR) is 80.1 cm³/mol. The molecule has 6 heteroatoms. The molecule has 1 atom stereocenters. The van der Waals surface area contributed by atoms with E-state index >= 15 is 0 Å². The second-order valence-electron chi connectivity index (χ2n) is 4.96. The molecule has 1 aliphatic heterocycles. The van der Waals surface area contributed by atoms with E-state index in [4.69, 9.17) is 0 Å². The summed E-state index contributed by atoms with van der Waals surface area (Å²) in [5.41, 5.74) is 0.404. The van der Waals surface area contributed by atoms with Crippen molar-refractivity contribution in [2.75, 3.05) is 11.9 Å². The number of carboxylic acid groups (broad SMARTS) is 1. The molecule has 0 saturated carbocycles. The minimum atomic E-state index is -1.06. The van der Waals surface area contributed by atoms with Gasteiger partial charge in [-0.25, -0.2) is 9.59 Å². The summed E-state index contributed by atoms with van der Waals surface area (Å²) in [5, 5.41) is 11.9. The summed E-state index contributed by atoms with van der Waals surface area (Å²) in [6.45, 7) is 2.73. The Morgan fingerprint density at radius 2 is 2.15 bits per heavy atom. The Morgan fingerprint density at radius 3 is 2.80 bits per heavy atom. The third-order valence-corrected chi connectivity index (χ3v) is 4.01. The number of anilines is 1. The van der Waals surface area contributed by atoms with E-state index in [-0.39, 0.29) is 17.6 Å². The van der Waals surface area contributed by atoms with Gasteiger partial charge in [0.25, 0.3) is 0 Å². The van der Waals surface area contributed by atoms with Crippen LogP contribution in [0.4, 0.5) is 10.5 Å². The summed E-state index contributed by atoms with van der Waals surface area (Å²) >= 11 is 3.23. The normalized spacial score (nSPS) is 18.7. The second-order valence-corrected chi connectivity index (χ2v) is 5.88. The molecule has 0 radical (unpaired) electrons. The Morgan fingerprint density at radius 1 is 1.40 bits per heavy atom. The van der Waals surface area contributed by atoms with E-state index < -0.39 is 5.97 Å². The molecule has 0 spiro atoms. The zero-order valence-corrected chi connectivity index (χ0v) is 12.8. The van der Waals surface area contributed by atoms with Crippen molar-refractivity contribution in [3.63, 3.8) is 0 Å². The van der Waals surface area contributed by atoms with Crippen LogP contribution >= 0.6 is 15.9 Å². The second kappa shape index (κ2) is 6.26. The number of nitrogens with one attached hydrogen (secondary N) is 1. The van der Waals surface area contributed by atoms with Crippen LogP contribution in [0.5, 0.6) is 0 Å². The lowest BCUT2D eigenvalue weighted by atomic mass is 10.0. The Bertz CT molecular complexity index is 533. The smallest absolute Gasteiger partial charge is 0.337 e. The van der Waals surface area contributed by atoms with Gasteiger partial charge in [0, 0.05) is 17.1 Å². The number of benzene rings is 1. The number of amides is 2. The highest BCUT2D eigenvalue weighted by atomic mass is 79.9. The zero-order valence-electron chi connectivity index (χ0n) is 11.2. The summed E-state index contributed by atoms with van der Waals surface area (Å²) in [5.74, 6) is -1.06. The van der Waals surface area contributed by atoms with E-state index in [1.807, 2.05) is 6.92 Å². The lowest BCUT2D eigenvalue weighted by Gasteiger charge is -2.33. The minimum absolute atomic E-state index is 0.0809. The highest BCUT2D eigenvalue weighted by molar-refractivity contribution is 9.10.